The number of aromatic nitrogens is 1. The lowest BCUT2D eigenvalue weighted by Gasteiger charge is -2.13. The highest BCUT2D eigenvalue weighted by molar-refractivity contribution is 6.06. The highest BCUT2D eigenvalue weighted by atomic mass is 16.5. The van der Waals surface area contributed by atoms with E-state index in [1.165, 1.54) is 0 Å². The number of benzene rings is 2. The van der Waals surface area contributed by atoms with Crippen molar-refractivity contribution in [3.63, 3.8) is 0 Å². The van der Waals surface area contributed by atoms with E-state index in [4.69, 9.17) is 14.0 Å². The molecule has 1 N–H and O–H groups in total. The minimum Gasteiger partial charge on any atom is -0.497 e. The quantitative estimate of drug-likeness (QED) is 0.722. The Morgan fingerprint density at radius 2 is 1.92 bits per heavy atom. The van der Waals surface area contributed by atoms with Crippen LogP contribution in [0.15, 0.2) is 53.1 Å². The summed E-state index contributed by atoms with van der Waals surface area (Å²) in [5, 5.41) is 6.78. The number of anilines is 1. The first-order valence-electron chi connectivity index (χ1n) is 8.17. The van der Waals surface area contributed by atoms with Gasteiger partial charge in [0.05, 0.1) is 23.9 Å². The van der Waals surface area contributed by atoms with E-state index in [1.54, 1.807) is 25.3 Å². The normalized spacial score (nSPS) is 10.4. The molecular formula is C20H20N2O4. The van der Waals surface area contributed by atoms with E-state index >= 15 is 0 Å². The molecular weight excluding hydrogens is 332 g/mol. The molecule has 1 amide bonds. The minimum absolute atomic E-state index is 0.263. The topological polar surface area (TPSA) is 73.6 Å². The summed E-state index contributed by atoms with van der Waals surface area (Å²) >= 11 is 0. The van der Waals surface area contributed by atoms with Crippen molar-refractivity contribution in [2.45, 2.75) is 20.5 Å². The smallest absolute Gasteiger partial charge is 0.259 e. The molecule has 0 saturated heterocycles. The standard InChI is InChI=1S/C20H20N2O4/c1-13-18(14(2)26-22-13)12-25-19-10-9-16(24-3)11-17(19)20(23)21-15-7-5-4-6-8-15/h4-11H,12H2,1-3H3,(H,21,23). The molecule has 0 aliphatic heterocycles. The largest absolute Gasteiger partial charge is 0.497 e. The molecule has 0 aliphatic carbocycles. The van der Waals surface area contributed by atoms with Crippen LogP contribution in [0.25, 0.3) is 0 Å². The lowest BCUT2D eigenvalue weighted by Crippen LogP contribution is -2.14. The average Bonchev–Trinajstić information content (AvgIpc) is 2.98. The van der Waals surface area contributed by atoms with Gasteiger partial charge in [-0.2, -0.15) is 0 Å². The van der Waals surface area contributed by atoms with Crippen molar-refractivity contribution < 1.29 is 18.8 Å². The molecule has 26 heavy (non-hydrogen) atoms. The maximum Gasteiger partial charge on any atom is 0.259 e. The van der Waals surface area contributed by atoms with Gasteiger partial charge in [0.1, 0.15) is 23.9 Å². The van der Waals surface area contributed by atoms with Crippen molar-refractivity contribution in [3.05, 3.63) is 71.1 Å². The Bertz CT molecular complexity index is 884. The van der Waals surface area contributed by atoms with E-state index in [2.05, 4.69) is 10.5 Å². The van der Waals surface area contributed by atoms with Gasteiger partial charge in [-0.15, -0.1) is 0 Å². The number of hydrogen-bond donors (Lipinski definition) is 1. The van der Waals surface area contributed by atoms with Gasteiger partial charge in [-0.3, -0.25) is 4.79 Å². The summed E-state index contributed by atoms with van der Waals surface area (Å²) in [6, 6.07) is 14.4. The molecule has 0 spiro atoms. The molecule has 0 atom stereocenters. The van der Waals surface area contributed by atoms with Crippen LogP contribution in [0.4, 0.5) is 5.69 Å². The summed E-state index contributed by atoms with van der Waals surface area (Å²) in [5.74, 6) is 1.46. The molecule has 0 unspecified atom stereocenters. The molecule has 6 nitrogen and oxygen atoms in total. The molecule has 0 aliphatic rings. The van der Waals surface area contributed by atoms with E-state index in [0.29, 0.717) is 28.5 Å². The monoisotopic (exact) mass is 352 g/mol. The molecule has 3 rings (SSSR count). The van der Waals surface area contributed by atoms with E-state index in [0.717, 1.165) is 11.3 Å². The van der Waals surface area contributed by atoms with Crippen LogP contribution < -0.4 is 14.8 Å². The second-order valence-corrected chi connectivity index (χ2v) is 5.77. The highest BCUT2D eigenvalue weighted by Crippen LogP contribution is 2.27. The molecule has 134 valence electrons. The van der Waals surface area contributed by atoms with E-state index < -0.39 is 0 Å². The van der Waals surface area contributed by atoms with E-state index in [9.17, 15) is 4.79 Å². The minimum atomic E-state index is -0.274. The van der Waals surface area contributed by atoms with Crippen molar-refractivity contribution in [2.75, 3.05) is 12.4 Å². The zero-order chi connectivity index (χ0) is 18.5. The number of aryl methyl sites for hydroxylation is 2. The van der Waals surface area contributed by atoms with Crippen molar-refractivity contribution in [2.24, 2.45) is 0 Å². The molecule has 0 bridgehead atoms. The first kappa shape index (κ1) is 17.5. The molecule has 1 heterocycles. The fourth-order valence-corrected chi connectivity index (χ4v) is 2.52. The van der Waals surface area contributed by atoms with Gasteiger partial charge in [-0.05, 0) is 44.2 Å². The highest BCUT2D eigenvalue weighted by Gasteiger charge is 2.16. The SMILES string of the molecule is COc1ccc(OCc2c(C)noc2C)c(C(=O)Nc2ccccc2)c1. The molecule has 0 fully saturated rings. The van der Waals surface area contributed by atoms with Gasteiger partial charge in [0.25, 0.3) is 5.91 Å². The Balaban J connectivity index is 1.84. The van der Waals surface area contributed by atoms with E-state index in [-0.39, 0.29) is 12.5 Å². The van der Waals surface area contributed by atoms with Crippen LogP contribution in [0, 0.1) is 13.8 Å². The van der Waals surface area contributed by atoms with Gasteiger partial charge in [0.2, 0.25) is 0 Å². The summed E-state index contributed by atoms with van der Waals surface area (Å²) < 4.78 is 16.3. The number of carbonyl (C=O) groups is 1. The summed E-state index contributed by atoms with van der Waals surface area (Å²) in [5.41, 5.74) is 2.73. The van der Waals surface area contributed by atoms with Crippen LogP contribution in [0.5, 0.6) is 11.5 Å². The summed E-state index contributed by atoms with van der Waals surface area (Å²) in [4.78, 5) is 12.7. The number of ether oxygens (including phenoxy) is 2. The first-order chi connectivity index (χ1) is 12.6. The average molecular weight is 352 g/mol. The maximum atomic E-state index is 12.7. The number of hydrogen-bond acceptors (Lipinski definition) is 5. The number of rotatable bonds is 6. The number of nitrogens with zero attached hydrogens (tertiary/aromatic N) is 1. The Hall–Kier alpha value is -3.28. The predicted octanol–water partition coefficient (Wildman–Crippen LogP) is 4.13. The third-order valence-electron chi connectivity index (χ3n) is 4.02. The van der Waals surface area contributed by atoms with Gasteiger partial charge in [-0.25, -0.2) is 0 Å². The molecule has 3 aromatic rings. The lowest BCUT2D eigenvalue weighted by molar-refractivity contribution is 0.102. The van der Waals surface area contributed by atoms with Crippen LogP contribution in [0.2, 0.25) is 0 Å². The van der Waals surface area contributed by atoms with Crippen molar-refractivity contribution in [1.82, 2.24) is 5.16 Å². The summed E-state index contributed by atoms with van der Waals surface area (Å²) in [7, 11) is 1.55. The second-order valence-electron chi connectivity index (χ2n) is 5.77. The first-order valence-corrected chi connectivity index (χ1v) is 8.17. The van der Waals surface area contributed by atoms with Crippen molar-refractivity contribution >= 4 is 11.6 Å². The van der Waals surface area contributed by atoms with Crippen molar-refractivity contribution in [3.8, 4) is 11.5 Å². The van der Waals surface area contributed by atoms with Crippen LogP contribution in [0.1, 0.15) is 27.4 Å². The Kier molecular flexibility index (Phi) is 5.22. The number of nitrogens with one attached hydrogen (secondary N) is 1. The third kappa shape index (κ3) is 3.85. The number of carbonyl (C=O) groups excluding carboxylic acids is 1. The van der Waals surface area contributed by atoms with E-state index in [1.807, 2.05) is 44.2 Å². The molecule has 2 aromatic carbocycles. The maximum absolute atomic E-state index is 12.7. The fraction of sp³-hybridized carbons (Fsp3) is 0.200. The van der Waals surface area contributed by atoms with Crippen molar-refractivity contribution in [1.29, 1.82) is 0 Å². The van der Waals surface area contributed by atoms with Crippen LogP contribution >= 0.6 is 0 Å². The van der Waals surface area contributed by atoms with Crippen LogP contribution in [0.3, 0.4) is 0 Å². The third-order valence-corrected chi connectivity index (χ3v) is 4.02. The summed E-state index contributed by atoms with van der Waals surface area (Å²) in [6.45, 7) is 3.95. The Labute approximate surface area is 151 Å². The Morgan fingerprint density at radius 1 is 1.15 bits per heavy atom. The number of methoxy groups -OCH3 is 1. The Morgan fingerprint density at radius 3 is 2.58 bits per heavy atom. The van der Waals surface area contributed by atoms with Gasteiger partial charge >= 0.3 is 0 Å². The van der Waals surface area contributed by atoms with Gasteiger partial charge in [0, 0.05) is 5.69 Å². The predicted molar refractivity (Wildman–Crippen MR) is 97.7 cm³/mol. The molecule has 0 radical (unpaired) electrons. The van der Waals surface area contributed by atoms with Gasteiger partial charge in [0.15, 0.2) is 0 Å². The number of amides is 1. The van der Waals surface area contributed by atoms with Gasteiger partial charge < -0.3 is 19.3 Å². The fourth-order valence-electron chi connectivity index (χ4n) is 2.52. The van der Waals surface area contributed by atoms with Crippen LogP contribution in [-0.2, 0) is 6.61 Å². The zero-order valence-corrected chi connectivity index (χ0v) is 14.9. The zero-order valence-electron chi connectivity index (χ0n) is 14.9. The number of para-hydroxylation sites is 1. The lowest BCUT2D eigenvalue weighted by atomic mass is 10.1. The second kappa shape index (κ2) is 7.74. The molecule has 6 heteroatoms. The van der Waals surface area contributed by atoms with Gasteiger partial charge in [-0.1, -0.05) is 23.4 Å². The molecule has 0 saturated carbocycles. The molecule has 1 aromatic heterocycles. The summed E-state index contributed by atoms with van der Waals surface area (Å²) in [6.07, 6.45) is 0. The van der Waals surface area contributed by atoms with Crippen LogP contribution in [-0.4, -0.2) is 18.2 Å².